The monoisotopic (exact) mass is 288 g/mol. The molecule has 0 amide bonds. The Morgan fingerprint density at radius 1 is 1.20 bits per heavy atom. The van der Waals surface area contributed by atoms with Crippen molar-refractivity contribution in [3.8, 4) is 0 Å². The van der Waals surface area contributed by atoms with Gasteiger partial charge >= 0.3 is 0 Å². The van der Waals surface area contributed by atoms with Gasteiger partial charge < -0.3 is 5.32 Å². The van der Waals surface area contributed by atoms with Gasteiger partial charge in [0.25, 0.3) is 5.69 Å². The van der Waals surface area contributed by atoms with Gasteiger partial charge in [-0.1, -0.05) is 30.3 Å². The summed E-state index contributed by atoms with van der Waals surface area (Å²) < 4.78 is 0. The number of thioether (sulfide) groups is 1. The molecular weight excluding hydrogens is 272 g/mol. The average molecular weight is 288 g/mol. The van der Waals surface area contributed by atoms with E-state index in [1.807, 2.05) is 18.2 Å². The zero-order valence-corrected chi connectivity index (χ0v) is 12.2. The Hall–Kier alpha value is -2.01. The second kappa shape index (κ2) is 6.43. The summed E-state index contributed by atoms with van der Waals surface area (Å²) in [6.45, 7) is 2.06. The zero-order chi connectivity index (χ0) is 14.5. The fraction of sp³-hybridized carbons (Fsp3) is 0.200. The molecule has 2 aromatic rings. The van der Waals surface area contributed by atoms with Crippen LogP contribution in [0.4, 0.5) is 11.4 Å². The van der Waals surface area contributed by atoms with Crippen molar-refractivity contribution in [1.82, 2.24) is 0 Å². The molecular formula is C15H16N2O2S. The van der Waals surface area contributed by atoms with Gasteiger partial charge in [-0.05, 0) is 24.1 Å². The number of nitrogens with zero attached hydrogens (tertiary/aromatic N) is 1. The van der Waals surface area contributed by atoms with E-state index in [-0.39, 0.29) is 10.6 Å². The van der Waals surface area contributed by atoms with E-state index in [1.165, 1.54) is 16.5 Å². The smallest absolute Gasteiger partial charge is 0.292 e. The second-order valence-corrected chi connectivity index (χ2v) is 5.39. The van der Waals surface area contributed by atoms with Crippen molar-refractivity contribution < 1.29 is 4.92 Å². The first kappa shape index (κ1) is 14.4. The van der Waals surface area contributed by atoms with Crippen LogP contribution in [0.2, 0.25) is 0 Å². The van der Waals surface area contributed by atoms with Crippen LogP contribution >= 0.6 is 11.8 Å². The number of nitrogens with one attached hydrogen (secondary N) is 1. The third kappa shape index (κ3) is 3.11. The zero-order valence-electron chi connectivity index (χ0n) is 11.4. The van der Waals surface area contributed by atoms with Crippen LogP contribution in [-0.2, 0) is 5.75 Å². The summed E-state index contributed by atoms with van der Waals surface area (Å²) in [6.07, 6.45) is 0. The van der Waals surface area contributed by atoms with Crippen molar-refractivity contribution in [1.29, 1.82) is 0 Å². The van der Waals surface area contributed by atoms with Crippen molar-refractivity contribution in [3.63, 3.8) is 0 Å². The van der Waals surface area contributed by atoms with Gasteiger partial charge in [-0.25, -0.2) is 0 Å². The molecule has 0 aliphatic heterocycles. The summed E-state index contributed by atoms with van der Waals surface area (Å²) in [5.41, 5.74) is 2.87. The molecule has 0 bridgehead atoms. The molecule has 0 radical (unpaired) electrons. The van der Waals surface area contributed by atoms with Crippen molar-refractivity contribution >= 4 is 23.1 Å². The minimum atomic E-state index is -0.353. The molecule has 2 aromatic carbocycles. The summed E-state index contributed by atoms with van der Waals surface area (Å²) >= 11 is 1.69. The molecule has 5 heteroatoms. The van der Waals surface area contributed by atoms with Crippen molar-refractivity contribution in [2.75, 3.05) is 12.4 Å². The maximum Gasteiger partial charge on any atom is 0.292 e. The van der Waals surface area contributed by atoms with Crippen molar-refractivity contribution in [3.05, 3.63) is 63.7 Å². The van der Waals surface area contributed by atoms with Crippen LogP contribution in [0.3, 0.4) is 0 Å². The average Bonchev–Trinajstić information content (AvgIpc) is 2.45. The fourth-order valence-electron chi connectivity index (χ4n) is 2.02. The number of anilines is 1. The fourth-order valence-corrected chi connectivity index (χ4v) is 3.04. The lowest BCUT2D eigenvalue weighted by Crippen LogP contribution is -2.00. The van der Waals surface area contributed by atoms with Crippen molar-refractivity contribution in [2.24, 2.45) is 0 Å². The third-order valence-corrected chi connectivity index (χ3v) is 4.28. The molecule has 0 fully saturated rings. The lowest BCUT2D eigenvalue weighted by molar-refractivity contribution is -0.384. The van der Waals surface area contributed by atoms with Crippen LogP contribution in [0.15, 0.2) is 47.4 Å². The predicted molar refractivity (Wildman–Crippen MR) is 83.4 cm³/mol. The Labute approximate surface area is 122 Å². The summed E-state index contributed by atoms with van der Waals surface area (Å²) in [5, 5.41) is 14.0. The predicted octanol–water partition coefficient (Wildman–Crippen LogP) is 4.24. The molecule has 1 N–H and O–H groups in total. The maximum absolute atomic E-state index is 11.0. The number of aryl methyl sites for hydroxylation is 1. The van der Waals surface area contributed by atoms with Crippen LogP contribution < -0.4 is 5.32 Å². The third-order valence-electron chi connectivity index (χ3n) is 3.05. The van der Waals surface area contributed by atoms with Gasteiger partial charge in [0.2, 0.25) is 0 Å². The van der Waals surface area contributed by atoms with Gasteiger partial charge in [0.15, 0.2) is 0 Å². The highest BCUT2D eigenvalue weighted by molar-refractivity contribution is 7.98. The number of hydrogen-bond acceptors (Lipinski definition) is 4. The van der Waals surface area contributed by atoms with Gasteiger partial charge in [0, 0.05) is 23.8 Å². The summed E-state index contributed by atoms with van der Waals surface area (Å²) in [7, 11) is 1.71. The quantitative estimate of drug-likeness (QED) is 0.508. The maximum atomic E-state index is 11.0. The molecule has 0 heterocycles. The molecule has 0 atom stereocenters. The molecule has 0 aliphatic rings. The van der Waals surface area contributed by atoms with Crippen LogP contribution in [0.1, 0.15) is 11.1 Å². The number of hydrogen-bond donors (Lipinski definition) is 1. The number of rotatable bonds is 5. The highest BCUT2D eigenvalue weighted by Gasteiger charge is 2.16. The van der Waals surface area contributed by atoms with Crippen LogP contribution in [0, 0.1) is 17.0 Å². The first-order valence-electron chi connectivity index (χ1n) is 6.26. The molecule has 104 valence electrons. The Bertz CT molecular complexity index is 629. The van der Waals surface area contributed by atoms with Crippen LogP contribution in [0.5, 0.6) is 0 Å². The molecule has 0 saturated heterocycles. The summed E-state index contributed by atoms with van der Waals surface area (Å²) in [5.74, 6) is 0.697. The minimum absolute atomic E-state index is 0.121. The lowest BCUT2D eigenvalue weighted by Gasteiger charge is -2.10. The normalized spacial score (nSPS) is 10.3. The van der Waals surface area contributed by atoms with E-state index in [2.05, 4.69) is 24.4 Å². The highest BCUT2D eigenvalue weighted by Crippen LogP contribution is 2.33. The summed E-state index contributed by atoms with van der Waals surface area (Å²) in [6, 6.07) is 13.3. The van der Waals surface area contributed by atoms with Crippen molar-refractivity contribution in [2.45, 2.75) is 17.6 Å². The topological polar surface area (TPSA) is 55.2 Å². The Morgan fingerprint density at radius 3 is 2.60 bits per heavy atom. The van der Waals surface area contributed by atoms with E-state index in [9.17, 15) is 10.1 Å². The first-order chi connectivity index (χ1) is 9.63. The van der Waals surface area contributed by atoms with Gasteiger partial charge in [-0.2, -0.15) is 0 Å². The second-order valence-electron chi connectivity index (χ2n) is 4.37. The standard InChI is InChI=1S/C15H16N2O2S/c1-11-6-3-4-9-14(11)20-10-12-7-5-8-13(17(18)19)15(12)16-2/h3-9,16H,10H2,1-2H3. The molecule has 0 aliphatic carbocycles. The largest absolute Gasteiger partial charge is 0.382 e. The van der Waals surface area contributed by atoms with Gasteiger partial charge in [-0.3, -0.25) is 10.1 Å². The Kier molecular flexibility index (Phi) is 4.63. The molecule has 0 aromatic heterocycles. The lowest BCUT2D eigenvalue weighted by atomic mass is 10.1. The molecule has 20 heavy (non-hydrogen) atoms. The number of nitro benzene ring substituents is 1. The minimum Gasteiger partial charge on any atom is -0.382 e. The molecule has 0 saturated carbocycles. The number of para-hydroxylation sites is 1. The van der Waals surface area contributed by atoms with E-state index in [0.717, 1.165) is 5.56 Å². The first-order valence-corrected chi connectivity index (χ1v) is 7.24. The number of nitro groups is 1. The van der Waals surface area contributed by atoms with Gasteiger partial charge in [0.1, 0.15) is 5.69 Å². The van der Waals surface area contributed by atoms with E-state index < -0.39 is 0 Å². The Morgan fingerprint density at radius 2 is 1.95 bits per heavy atom. The van der Waals surface area contributed by atoms with E-state index >= 15 is 0 Å². The van der Waals surface area contributed by atoms with E-state index in [1.54, 1.807) is 24.9 Å². The van der Waals surface area contributed by atoms with Gasteiger partial charge in [0.05, 0.1) is 4.92 Å². The molecule has 0 unspecified atom stereocenters. The molecule has 2 rings (SSSR count). The van der Waals surface area contributed by atoms with E-state index in [0.29, 0.717) is 11.4 Å². The molecule has 4 nitrogen and oxygen atoms in total. The molecule has 0 spiro atoms. The highest BCUT2D eigenvalue weighted by atomic mass is 32.2. The number of benzene rings is 2. The van der Waals surface area contributed by atoms with E-state index in [4.69, 9.17) is 0 Å². The van der Waals surface area contributed by atoms with Gasteiger partial charge in [-0.15, -0.1) is 11.8 Å². The summed E-state index contributed by atoms with van der Waals surface area (Å²) in [4.78, 5) is 11.9. The van der Waals surface area contributed by atoms with Crippen LogP contribution in [0.25, 0.3) is 0 Å². The SMILES string of the molecule is CNc1c(CSc2ccccc2C)cccc1[N+](=O)[O-]. The van der Waals surface area contributed by atoms with Crippen LogP contribution in [-0.4, -0.2) is 12.0 Å². The Balaban J connectivity index is 2.24.